The summed E-state index contributed by atoms with van der Waals surface area (Å²) in [7, 11) is 0. The number of benzene rings is 1. The van der Waals surface area contributed by atoms with E-state index in [4.69, 9.17) is 0 Å². The van der Waals surface area contributed by atoms with Gasteiger partial charge in [-0.1, -0.05) is 12.1 Å². The number of thioether (sulfide) groups is 1. The lowest BCUT2D eigenvalue weighted by molar-refractivity contribution is 0.733. The van der Waals surface area contributed by atoms with Crippen LogP contribution in [0.4, 0.5) is 0 Å². The number of hydrogen-bond acceptors (Lipinski definition) is 3. The Bertz CT molecular complexity index is 456. The van der Waals surface area contributed by atoms with Crippen LogP contribution in [0.3, 0.4) is 0 Å². The van der Waals surface area contributed by atoms with Crippen LogP contribution >= 0.6 is 11.8 Å². The lowest BCUT2D eigenvalue weighted by Gasteiger charge is -2.05. The van der Waals surface area contributed by atoms with Crippen molar-refractivity contribution >= 4 is 22.5 Å². The highest BCUT2D eigenvalue weighted by atomic mass is 32.2. The zero-order valence-corrected chi connectivity index (χ0v) is 10.3. The maximum Gasteiger partial charge on any atom is 0.0346 e. The third-order valence-electron chi connectivity index (χ3n) is 2.52. The molecule has 16 heavy (non-hydrogen) atoms. The molecule has 0 saturated carbocycles. The number of hydrogen-bond donors (Lipinski definition) is 1. The Morgan fingerprint density at radius 1 is 1.25 bits per heavy atom. The normalized spacial score (nSPS) is 10.8. The van der Waals surface area contributed by atoms with Crippen molar-refractivity contribution in [2.75, 3.05) is 18.6 Å². The Kier molecular flexibility index (Phi) is 4.19. The first-order valence-corrected chi connectivity index (χ1v) is 6.82. The molecule has 2 aromatic rings. The van der Waals surface area contributed by atoms with Gasteiger partial charge in [-0.2, -0.15) is 11.8 Å². The van der Waals surface area contributed by atoms with Gasteiger partial charge in [-0.25, -0.2) is 0 Å². The van der Waals surface area contributed by atoms with E-state index in [1.54, 1.807) is 0 Å². The van der Waals surface area contributed by atoms with Crippen LogP contribution in [-0.4, -0.2) is 23.5 Å². The van der Waals surface area contributed by atoms with Gasteiger partial charge in [-0.15, -0.1) is 0 Å². The van der Waals surface area contributed by atoms with Crippen LogP contribution in [-0.2, 0) is 6.54 Å². The number of nitrogens with one attached hydrogen (secondary N) is 1. The van der Waals surface area contributed by atoms with Crippen LogP contribution in [0.1, 0.15) is 5.56 Å². The molecule has 0 aliphatic heterocycles. The SMILES string of the molecule is CSCCNCc1ccc2cnccc2c1. The van der Waals surface area contributed by atoms with E-state index in [1.165, 1.54) is 16.3 Å². The smallest absolute Gasteiger partial charge is 0.0346 e. The summed E-state index contributed by atoms with van der Waals surface area (Å²) in [6.45, 7) is 2.01. The van der Waals surface area contributed by atoms with E-state index < -0.39 is 0 Å². The van der Waals surface area contributed by atoms with Crippen molar-refractivity contribution in [1.82, 2.24) is 10.3 Å². The van der Waals surface area contributed by atoms with E-state index in [0.29, 0.717) is 0 Å². The highest BCUT2D eigenvalue weighted by molar-refractivity contribution is 7.98. The molecule has 2 nitrogen and oxygen atoms in total. The molecule has 0 saturated heterocycles. The molecule has 1 N–H and O–H groups in total. The lowest BCUT2D eigenvalue weighted by atomic mass is 10.1. The zero-order chi connectivity index (χ0) is 11.2. The highest BCUT2D eigenvalue weighted by Gasteiger charge is 1.96. The van der Waals surface area contributed by atoms with Crippen molar-refractivity contribution in [2.45, 2.75) is 6.54 Å². The molecule has 1 heterocycles. The minimum atomic E-state index is 0.943. The standard InChI is InChI=1S/C13H16N2S/c1-16-7-6-15-9-11-2-3-13-10-14-5-4-12(13)8-11/h2-5,8,10,15H,6-7,9H2,1H3. The molecule has 84 valence electrons. The minimum absolute atomic E-state index is 0.943. The molecule has 0 aliphatic carbocycles. The van der Waals surface area contributed by atoms with Crippen molar-refractivity contribution in [3.8, 4) is 0 Å². The first-order valence-electron chi connectivity index (χ1n) is 5.42. The molecule has 1 aromatic heterocycles. The Labute approximate surface area is 100 Å². The van der Waals surface area contributed by atoms with E-state index in [0.717, 1.165) is 18.8 Å². The van der Waals surface area contributed by atoms with Crippen molar-refractivity contribution < 1.29 is 0 Å². The Morgan fingerprint density at radius 2 is 2.19 bits per heavy atom. The fourth-order valence-corrected chi connectivity index (χ4v) is 2.00. The second kappa shape index (κ2) is 5.87. The van der Waals surface area contributed by atoms with Crippen LogP contribution in [0.5, 0.6) is 0 Å². The van der Waals surface area contributed by atoms with Crippen LogP contribution in [0.25, 0.3) is 10.8 Å². The number of pyridine rings is 1. The average Bonchev–Trinajstić information content (AvgIpc) is 2.34. The molecular formula is C13H16N2S. The molecule has 0 fully saturated rings. The topological polar surface area (TPSA) is 24.9 Å². The first kappa shape index (κ1) is 11.4. The van der Waals surface area contributed by atoms with E-state index in [9.17, 15) is 0 Å². The van der Waals surface area contributed by atoms with Crippen LogP contribution in [0.2, 0.25) is 0 Å². The van der Waals surface area contributed by atoms with Gasteiger partial charge in [0, 0.05) is 36.6 Å². The van der Waals surface area contributed by atoms with E-state index >= 15 is 0 Å². The third kappa shape index (κ3) is 2.97. The third-order valence-corrected chi connectivity index (χ3v) is 3.13. The van der Waals surface area contributed by atoms with Gasteiger partial charge in [0.05, 0.1) is 0 Å². The van der Waals surface area contributed by atoms with Crippen molar-refractivity contribution in [3.63, 3.8) is 0 Å². The molecule has 0 bridgehead atoms. The van der Waals surface area contributed by atoms with Gasteiger partial charge in [-0.3, -0.25) is 4.98 Å². The van der Waals surface area contributed by atoms with Gasteiger partial charge in [0.25, 0.3) is 0 Å². The molecule has 1 aromatic carbocycles. The second-order valence-electron chi connectivity index (χ2n) is 3.73. The highest BCUT2D eigenvalue weighted by Crippen LogP contribution is 2.14. The monoisotopic (exact) mass is 232 g/mol. The molecular weight excluding hydrogens is 216 g/mol. The maximum absolute atomic E-state index is 4.11. The maximum atomic E-state index is 4.11. The summed E-state index contributed by atoms with van der Waals surface area (Å²) in [5.41, 5.74) is 1.33. The minimum Gasteiger partial charge on any atom is -0.312 e. The Morgan fingerprint density at radius 3 is 3.06 bits per heavy atom. The van der Waals surface area contributed by atoms with E-state index in [2.05, 4.69) is 40.8 Å². The van der Waals surface area contributed by atoms with Crippen LogP contribution in [0.15, 0.2) is 36.7 Å². The predicted octanol–water partition coefficient (Wildman–Crippen LogP) is 2.69. The average molecular weight is 232 g/mol. The molecule has 0 radical (unpaired) electrons. The van der Waals surface area contributed by atoms with Gasteiger partial charge in [-0.05, 0) is 29.3 Å². The fourth-order valence-electron chi connectivity index (χ4n) is 1.65. The predicted molar refractivity (Wildman–Crippen MR) is 71.8 cm³/mol. The van der Waals surface area contributed by atoms with Gasteiger partial charge >= 0.3 is 0 Å². The lowest BCUT2D eigenvalue weighted by Crippen LogP contribution is -2.16. The summed E-state index contributed by atoms with van der Waals surface area (Å²) in [6.07, 6.45) is 5.87. The Hall–Kier alpha value is -1.06. The summed E-state index contributed by atoms with van der Waals surface area (Å²) in [5.74, 6) is 1.16. The summed E-state index contributed by atoms with van der Waals surface area (Å²) in [6, 6.07) is 8.58. The Balaban J connectivity index is 2.02. The molecule has 3 heteroatoms. The number of rotatable bonds is 5. The van der Waals surface area contributed by atoms with E-state index in [-0.39, 0.29) is 0 Å². The number of fused-ring (bicyclic) bond motifs is 1. The summed E-state index contributed by atoms with van der Waals surface area (Å²) >= 11 is 1.87. The van der Waals surface area contributed by atoms with Gasteiger partial charge in [0.2, 0.25) is 0 Å². The quantitative estimate of drug-likeness (QED) is 0.802. The fraction of sp³-hybridized carbons (Fsp3) is 0.308. The zero-order valence-electron chi connectivity index (χ0n) is 9.44. The largest absolute Gasteiger partial charge is 0.312 e. The van der Waals surface area contributed by atoms with Crippen molar-refractivity contribution in [3.05, 3.63) is 42.2 Å². The van der Waals surface area contributed by atoms with Gasteiger partial charge in [0.1, 0.15) is 0 Å². The molecule has 0 spiro atoms. The second-order valence-corrected chi connectivity index (χ2v) is 4.71. The van der Waals surface area contributed by atoms with Gasteiger partial charge < -0.3 is 5.32 Å². The molecule has 0 aliphatic rings. The number of nitrogens with zero attached hydrogens (tertiary/aromatic N) is 1. The van der Waals surface area contributed by atoms with Crippen LogP contribution < -0.4 is 5.32 Å². The van der Waals surface area contributed by atoms with Crippen LogP contribution in [0, 0.1) is 0 Å². The van der Waals surface area contributed by atoms with E-state index in [1.807, 2.05) is 24.2 Å². The molecule has 2 rings (SSSR count). The first-order chi connectivity index (χ1) is 7.90. The molecule has 0 amide bonds. The van der Waals surface area contributed by atoms with Gasteiger partial charge in [0.15, 0.2) is 0 Å². The summed E-state index contributed by atoms with van der Waals surface area (Å²) < 4.78 is 0. The molecule has 0 atom stereocenters. The summed E-state index contributed by atoms with van der Waals surface area (Å²) in [5, 5.41) is 5.90. The number of aromatic nitrogens is 1. The summed E-state index contributed by atoms with van der Waals surface area (Å²) in [4.78, 5) is 4.11. The van der Waals surface area contributed by atoms with Crippen molar-refractivity contribution in [1.29, 1.82) is 0 Å². The molecule has 0 unspecified atom stereocenters. The van der Waals surface area contributed by atoms with Crippen molar-refractivity contribution in [2.24, 2.45) is 0 Å².